The summed E-state index contributed by atoms with van der Waals surface area (Å²) < 4.78 is 0. The molecule has 1 rings (SSSR count). The minimum Gasteiger partial charge on any atom is -0.301 e. The van der Waals surface area contributed by atoms with Gasteiger partial charge in [-0.1, -0.05) is 11.9 Å². The van der Waals surface area contributed by atoms with Crippen molar-refractivity contribution < 1.29 is 58.2 Å². The van der Waals surface area contributed by atoms with Crippen LogP contribution in [0.4, 0.5) is 0 Å². The third-order valence-corrected chi connectivity index (χ3v) is 0.743. The van der Waals surface area contributed by atoms with Crippen LogP contribution in [0.2, 0.25) is 0 Å². The Hall–Kier alpha value is 0.955. The molecule has 0 bridgehead atoms. The van der Waals surface area contributed by atoms with Crippen LogP contribution in [0.1, 0.15) is 5.69 Å². The molecule has 0 aliphatic rings. The molecule has 36 valence electrons. The second-order valence-electron chi connectivity index (χ2n) is 1.37. The predicted octanol–water partition coefficient (Wildman–Crippen LogP) is -1.81. The zero-order valence-electron chi connectivity index (χ0n) is 5.18. The van der Waals surface area contributed by atoms with Gasteiger partial charge in [-0.25, -0.2) is 12.1 Å². The summed E-state index contributed by atoms with van der Waals surface area (Å²) in [6.07, 6.45) is 1.76. The van der Waals surface area contributed by atoms with Crippen LogP contribution >= 0.6 is 0 Å². The van der Waals surface area contributed by atoms with Gasteiger partial charge in [0.2, 0.25) is 0 Å². The van der Waals surface area contributed by atoms with Crippen LogP contribution < -0.4 is 58.2 Å². The first-order valence-electron chi connectivity index (χ1n) is 2.19. The van der Waals surface area contributed by atoms with Gasteiger partial charge in [0.15, 0.2) is 0 Å². The van der Waals surface area contributed by atoms with E-state index in [0.29, 0.717) is 0 Å². The Labute approximate surface area is 98.3 Å². The minimum atomic E-state index is 0. The van der Waals surface area contributed by atoms with Gasteiger partial charge in [0.05, 0.1) is 0 Å². The van der Waals surface area contributed by atoms with Gasteiger partial charge in [-0.15, -0.1) is 0 Å². The maximum absolute atomic E-state index is 3.92. The summed E-state index contributed by atoms with van der Waals surface area (Å²) in [6.45, 7) is 1.92. The summed E-state index contributed by atoms with van der Waals surface area (Å²) in [7, 11) is 0. The summed E-state index contributed by atoms with van der Waals surface area (Å²) in [5.41, 5.74) is 0.947. The van der Waals surface area contributed by atoms with Gasteiger partial charge in [-0.05, 0) is 6.92 Å². The Balaban J connectivity index is 0.000000490. The first-order chi connectivity index (χ1) is 3.39. The van der Waals surface area contributed by atoms with Crippen molar-refractivity contribution in [2.24, 2.45) is 0 Å². The molecular formula is C6H6NRb. The van der Waals surface area contributed by atoms with Crippen molar-refractivity contribution in [3.05, 3.63) is 30.1 Å². The molecule has 2 heteroatoms. The third kappa shape index (κ3) is 3.08. The van der Waals surface area contributed by atoms with Crippen molar-refractivity contribution in [1.29, 1.82) is 0 Å². The molecular weight excluding hydrogens is 172 g/mol. The van der Waals surface area contributed by atoms with Crippen LogP contribution in [0.25, 0.3) is 0 Å². The molecule has 1 aromatic rings. The van der Waals surface area contributed by atoms with E-state index in [1.807, 2.05) is 19.1 Å². The zero-order chi connectivity index (χ0) is 5.11. The molecule has 0 spiro atoms. The maximum atomic E-state index is 3.92. The van der Waals surface area contributed by atoms with E-state index in [2.05, 4.69) is 11.1 Å². The first kappa shape index (κ1) is 8.96. The van der Waals surface area contributed by atoms with E-state index in [9.17, 15) is 0 Å². The van der Waals surface area contributed by atoms with E-state index in [0.717, 1.165) is 5.69 Å². The van der Waals surface area contributed by atoms with Crippen LogP contribution in [-0.2, 0) is 0 Å². The Kier molecular flexibility index (Phi) is 5.37. The van der Waals surface area contributed by atoms with E-state index in [4.69, 9.17) is 0 Å². The molecule has 0 saturated heterocycles. The van der Waals surface area contributed by atoms with Gasteiger partial charge in [0.25, 0.3) is 0 Å². The molecule has 0 aromatic carbocycles. The minimum absolute atomic E-state index is 0. The number of rotatable bonds is 0. The average molecular weight is 178 g/mol. The molecule has 1 nitrogen and oxygen atoms in total. The Morgan fingerprint density at radius 1 is 1.62 bits per heavy atom. The number of aryl methyl sites for hydroxylation is 1. The molecule has 0 atom stereocenters. The standard InChI is InChI=1S/C6H6N.Rb/c1-6-4-2-3-5-7-6;/h2-3,5H,1H3;/q-1;+1. The van der Waals surface area contributed by atoms with E-state index in [1.165, 1.54) is 0 Å². The molecule has 8 heavy (non-hydrogen) atoms. The van der Waals surface area contributed by atoms with Crippen LogP contribution in [0, 0.1) is 13.0 Å². The van der Waals surface area contributed by atoms with Crippen molar-refractivity contribution in [2.75, 3.05) is 0 Å². The van der Waals surface area contributed by atoms with Crippen molar-refractivity contribution >= 4 is 0 Å². The molecule has 1 heterocycles. The van der Waals surface area contributed by atoms with Crippen molar-refractivity contribution in [3.63, 3.8) is 0 Å². The molecule has 0 unspecified atom stereocenters. The summed E-state index contributed by atoms with van der Waals surface area (Å²) in [6, 6.07) is 6.62. The summed E-state index contributed by atoms with van der Waals surface area (Å²) >= 11 is 0. The third-order valence-electron chi connectivity index (χ3n) is 0.743. The van der Waals surface area contributed by atoms with E-state index in [1.54, 1.807) is 6.20 Å². The van der Waals surface area contributed by atoms with Gasteiger partial charge in [0, 0.05) is 0 Å². The molecule has 0 radical (unpaired) electrons. The molecule has 0 N–H and O–H groups in total. The van der Waals surface area contributed by atoms with Crippen molar-refractivity contribution in [1.82, 2.24) is 4.98 Å². The largest absolute Gasteiger partial charge is 1.00 e. The van der Waals surface area contributed by atoms with Crippen molar-refractivity contribution in [3.8, 4) is 0 Å². The van der Waals surface area contributed by atoms with Crippen molar-refractivity contribution in [2.45, 2.75) is 6.92 Å². The van der Waals surface area contributed by atoms with E-state index < -0.39 is 0 Å². The number of nitrogens with zero attached hydrogens (tertiary/aromatic N) is 1. The molecule has 1 aromatic heterocycles. The molecule has 0 aliphatic heterocycles. The molecule has 0 amide bonds. The summed E-state index contributed by atoms with van der Waals surface area (Å²) in [5.74, 6) is 0. The Morgan fingerprint density at radius 2 is 2.38 bits per heavy atom. The maximum Gasteiger partial charge on any atom is 1.00 e. The monoisotopic (exact) mass is 177 g/mol. The summed E-state index contributed by atoms with van der Waals surface area (Å²) in [4.78, 5) is 3.92. The van der Waals surface area contributed by atoms with Gasteiger partial charge >= 0.3 is 58.2 Å². The van der Waals surface area contributed by atoms with Crippen LogP contribution in [0.3, 0.4) is 0 Å². The van der Waals surface area contributed by atoms with Gasteiger partial charge in [-0.3, -0.25) is 0 Å². The smallest absolute Gasteiger partial charge is 0.301 e. The molecule has 0 saturated carbocycles. The second-order valence-corrected chi connectivity index (χ2v) is 1.37. The van der Waals surface area contributed by atoms with Gasteiger partial charge in [0.1, 0.15) is 0 Å². The van der Waals surface area contributed by atoms with Crippen LogP contribution in [0.15, 0.2) is 18.3 Å². The fraction of sp³-hybridized carbons (Fsp3) is 0.167. The summed E-state index contributed by atoms with van der Waals surface area (Å²) in [5, 5.41) is 0. The van der Waals surface area contributed by atoms with Crippen LogP contribution in [0.5, 0.6) is 0 Å². The van der Waals surface area contributed by atoms with Gasteiger partial charge in [-0.2, -0.15) is 6.07 Å². The second kappa shape index (κ2) is 4.80. The quantitative estimate of drug-likeness (QED) is 0.426. The SMILES string of the molecule is Cc1[c-]cccn1.[Rb+]. The zero-order valence-corrected chi connectivity index (χ0v) is 10.1. The Morgan fingerprint density at radius 3 is 2.62 bits per heavy atom. The fourth-order valence-electron chi connectivity index (χ4n) is 0.404. The van der Waals surface area contributed by atoms with Gasteiger partial charge < -0.3 is 4.98 Å². The van der Waals surface area contributed by atoms with E-state index >= 15 is 0 Å². The average Bonchev–Trinajstić information content (AvgIpc) is 1.69. The van der Waals surface area contributed by atoms with E-state index in [-0.39, 0.29) is 58.2 Å². The Bertz CT molecular complexity index is 138. The first-order valence-corrected chi connectivity index (χ1v) is 2.19. The predicted molar refractivity (Wildman–Crippen MR) is 27.8 cm³/mol. The fourth-order valence-corrected chi connectivity index (χ4v) is 0.404. The normalized spacial score (nSPS) is 7.62. The number of pyridine rings is 1. The number of hydrogen-bond donors (Lipinski definition) is 0. The molecule has 0 aliphatic carbocycles. The number of hydrogen-bond acceptors (Lipinski definition) is 1. The molecule has 0 fully saturated rings. The topological polar surface area (TPSA) is 12.9 Å². The van der Waals surface area contributed by atoms with Crippen LogP contribution in [-0.4, -0.2) is 4.98 Å². The number of aromatic nitrogens is 1.